The summed E-state index contributed by atoms with van der Waals surface area (Å²) in [5.41, 5.74) is -0.163. The Bertz CT molecular complexity index is 680. The largest absolute Gasteiger partial charge is 0.354 e. The average Bonchev–Trinajstić information content (AvgIpc) is 3.30. The van der Waals surface area contributed by atoms with Crippen LogP contribution >= 0.6 is 24.0 Å². The van der Waals surface area contributed by atoms with Gasteiger partial charge in [0.15, 0.2) is 11.8 Å². The van der Waals surface area contributed by atoms with Gasteiger partial charge in [0.25, 0.3) is 0 Å². The Morgan fingerprint density at radius 3 is 2.54 bits per heavy atom. The molecule has 0 aromatic carbocycles. The van der Waals surface area contributed by atoms with E-state index < -0.39 is 0 Å². The van der Waals surface area contributed by atoms with Crippen LogP contribution in [0, 0.1) is 5.92 Å². The molecule has 8 nitrogen and oxygen atoms in total. The van der Waals surface area contributed by atoms with Crippen LogP contribution in [0.5, 0.6) is 0 Å². The lowest BCUT2D eigenvalue weighted by molar-refractivity contribution is -0.126. The quantitative estimate of drug-likeness (QED) is 0.324. The number of aliphatic imine (C=N–C) groups is 1. The van der Waals surface area contributed by atoms with Crippen molar-refractivity contribution < 1.29 is 9.32 Å². The Kier molecular flexibility index (Phi) is 8.08. The second-order valence-electron chi connectivity index (χ2n) is 8.68. The van der Waals surface area contributed by atoms with Crippen LogP contribution in [0.4, 0.5) is 0 Å². The molecule has 1 aromatic rings. The zero-order valence-electron chi connectivity index (χ0n) is 17.2. The molecular formula is C19H33IN6O2. The first-order chi connectivity index (χ1) is 12.8. The Morgan fingerprint density at radius 1 is 1.18 bits per heavy atom. The summed E-state index contributed by atoms with van der Waals surface area (Å²) in [5, 5.41) is 13.8. The number of carbonyl (C=O) groups is 1. The predicted molar refractivity (Wildman–Crippen MR) is 119 cm³/mol. The van der Waals surface area contributed by atoms with Crippen molar-refractivity contribution in [3.63, 3.8) is 0 Å². The van der Waals surface area contributed by atoms with Crippen molar-refractivity contribution in [3.05, 3.63) is 11.7 Å². The van der Waals surface area contributed by atoms with Gasteiger partial charge in [-0.05, 0) is 32.1 Å². The van der Waals surface area contributed by atoms with Crippen LogP contribution in [0.2, 0.25) is 0 Å². The van der Waals surface area contributed by atoms with E-state index >= 15 is 0 Å². The molecule has 0 spiro atoms. The third kappa shape index (κ3) is 6.59. The molecule has 0 radical (unpaired) electrons. The number of halogens is 1. The zero-order valence-corrected chi connectivity index (χ0v) is 19.6. The van der Waals surface area contributed by atoms with Crippen molar-refractivity contribution in [2.75, 3.05) is 7.05 Å². The molecule has 158 valence electrons. The van der Waals surface area contributed by atoms with Crippen LogP contribution in [0.3, 0.4) is 0 Å². The van der Waals surface area contributed by atoms with Gasteiger partial charge in [-0.3, -0.25) is 9.79 Å². The van der Waals surface area contributed by atoms with Crippen molar-refractivity contribution in [2.24, 2.45) is 10.9 Å². The average molecular weight is 504 g/mol. The third-order valence-corrected chi connectivity index (χ3v) is 5.06. The van der Waals surface area contributed by atoms with Gasteiger partial charge in [-0.25, -0.2) is 0 Å². The Hall–Kier alpha value is -1.39. The van der Waals surface area contributed by atoms with Gasteiger partial charge in [-0.2, -0.15) is 4.98 Å². The molecule has 1 heterocycles. The third-order valence-electron chi connectivity index (χ3n) is 5.06. The molecule has 3 rings (SSSR count). The highest BCUT2D eigenvalue weighted by Crippen LogP contribution is 2.26. The summed E-state index contributed by atoms with van der Waals surface area (Å²) in [6, 6.07) is 0.670. The van der Waals surface area contributed by atoms with E-state index in [4.69, 9.17) is 4.52 Å². The van der Waals surface area contributed by atoms with Gasteiger partial charge in [0, 0.05) is 30.5 Å². The smallest absolute Gasteiger partial charge is 0.232 e. The molecule has 2 unspecified atom stereocenters. The standard InChI is InChI=1S/C19H32N6O2.HI/c1-19(2,3)17-24-15(25-27-17)11-21-18(20-4)23-14-7-5-6-12(10-14)16(26)22-13-8-9-13;/h12-14H,5-11H2,1-4H3,(H,22,26)(H2,20,21,23);1H. The van der Waals surface area contributed by atoms with Gasteiger partial charge in [-0.15, -0.1) is 24.0 Å². The highest BCUT2D eigenvalue weighted by Gasteiger charge is 2.31. The van der Waals surface area contributed by atoms with Crippen molar-refractivity contribution in [2.45, 2.75) is 83.3 Å². The maximum Gasteiger partial charge on any atom is 0.232 e. The van der Waals surface area contributed by atoms with E-state index in [1.807, 2.05) is 20.8 Å². The first-order valence-corrected chi connectivity index (χ1v) is 9.96. The summed E-state index contributed by atoms with van der Waals surface area (Å²) in [6.45, 7) is 6.56. The lowest BCUT2D eigenvalue weighted by atomic mass is 9.85. The first kappa shape index (κ1) is 22.9. The Balaban J connectivity index is 0.00000280. The summed E-state index contributed by atoms with van der Waals surface area (Å²) >= 11 is 0. The molecule has 2 saturated carbocycles. The summed E-state index contributed by atoms with van der Waals surface area (Å²) in [4.78, 5) is 21.0. The highest BCUT2D eigenvalue weighted by atomic mass is 127. The number of guanidine groups is 1. The van der Waals surface area contributed by atoms with Gasteiger partial charge in [0.1, 0.15) is 0 Å². The number of nitrogens with zero attached hydrogens (tertiary/aromatic N) is 3. The van der Waals surface area contributed by atoms with E-state index in [-0.39, 0.29) is 47.3 Å². The lowest BCUT2D eigenvalue weighted by Crippen LogP contribution is -2.47. The van der Waals surface area contributed by atoms with Crippen molar-refractivity contribution >= 4 is 35.8 Å². The highest BCUT2D eigenvalue weighted by molar-refractivity contribution is 14.0. The van der Waals surface area contributed by atoms with Gasteiger partial charge >= 0.3 is 0 Å². The summed E-state index contributed by atoms with van der Waals surface area (Å²) in [5.74, 6) is 2.24. The molecule has 9 heteroatoms. The van der Waals surface area contributed by atoms with Crippen LogP contribution in [0.25, 0.3) is 0 Å². The van der Waals surface area contributed by atoms with Gasteiger partial charge in [0.2, 0.25) is 11.8 Å². The Morgan fingerprint density at radius 2 is 1.93 bits per heavy atom. The minimum Gasteiger partial charge on any atom is -0.354 e. The van der Waals surface area contributed by atoms with Crippen molar-refractivity contribution in [3.8, 4) is 0 Å². The second-order valence-corrected chi connectivity index (χ2v) is 8.68. The van der Waals surface area contributed by atoms with Gasteiger partial charge in [-0.1, -0.05) is 32.3 Å². The normalized spacial score (nSPS) is 22.9. The minimum atomic E-state index is -0.163. The number of nitrogens with one attached hydrogen (secondary N) is 3. The van der Waals surface area contributed by atoms with E-state index in [1.54, 1.807) is 7.05 Å². The number of hydrogen-bond donors (Lipinski definition) is 3. The summed E-state index contributed by atoms with van der Waals surface area (Å²) in [7, 11) is 1.74. The number of hydrogen-bond acceptors (Lipinski definition) is 5. The van der Waals surface area contributed by atoms with E-state index in [2.05, 4.69) is 31.1 Å². The zero-order chi connectivity index (χ0) is 19.4. The second kappa shape index (κ2) is 9.89. The Labute approximate surface area is 184 Å². The molecule has 2 aliphatic rings. The van der Waals surface area contributed by atoms with Crippen LogP contribution in [-0.2, 0) is 16.8 Å². The predicted octanol–water partition coefficient (Wildman–Crippen LogP) is 2.49. The fraction of sp³-hybridized carbons (Fsp3) is 0.789. The monoisotopic (exact) mass is 504 g/mol. The van der Waals surface area contributed by atoms with Crippen LogP contribution in [0.15, 0.2) is 9.52 Å². The minimum absolute atomic E-state index is 0. The molecule has 2 aliphatic carbocycles. The lowest BCUT2D eigenvalue weighted by Gasteiger charge is -2.30. The van der Waals surface area contributed by atoms with E-state index in [9.17, 15) is 4.79 Å². The summed E-state index contributed by atoms with van der Waals surface area (Å²) in [6.07, 6.45) is 6.17. The topological polar surface area (TPSA) is 104 Å². The molecule has 0 aliphatic heterocycles. The van der Waals surface area contributed by atoms with Crippen LogP contribution in [-0.4, -0.2) is 41.1 Å². The fourth-order valence-corrected chi connectivity index (χ4v) is 3.29. The number of carbonyl (C=O) groups excluding carboxylic acids is 1. The number of rotatable bonds is 5. The summed E-state index contributed by atoms with van der Waals surface area (Å²) < 4.78 is 5.32. The maximum absolute atomic E-state index is 12.3. The van der Waals surface area contributed by atoms with E-state index in [1.165, 1.54) is 0 Å². The molecule has 1 aromatic heterocycles. The number of aromatic nitrogens is 2. The maximum atomic E-state index is 12.3. The molecular weight excluding hydrogens is 471 g/mol. The SMILES string of the molecule is CN=C(NCc1noc(C(C)(C)C)n1)NC1CCCC(C(=O)NC2CC2)C1.I. The first-order valence-electron chi connectivity index (χ1n) is 9.96. The van der Waals surface area contributed by atoms with E-state index in [0.29, 0.717) is 30.3 Å². The van der Waals surface area contributed by atoms with Crippen LogP contribution in [0.1, 0.15) is 71.0 Å². The molecule has 1 amide bonds. The number of amides is 1. The molecule has 0 saturated heterocycles. The molecule has 3 N–H and O–H groups in total. The van der Waals surface area contributed by atoms with Crippen molar-refractivity contribution in [1.29, 1.82) is 0 Å². The molecule has 2 atom stereocenters. The van der Waals surface area contributed by atoms with Crippen molar-refractivity contribution in [1.82, 2.24) is 26.1 Å². The van der Waals surface area contributed by atoms with E-state index in [0.717, 1.165) is 38.5 Å². The van der Waals surface area contributed by atoms with Gasteiger partial charge < -0.3 is 20.5 Å². The molecule has 0 bridgehead atoms. The fourth-order valence-electron chi connectivity index (χ4n) is 3.29. The molecule has 28 heavy (non-hydrogen) atoms. The van der Waals surface area contributed by atoms with Gasteiger partial charge in [0.05, 0.1) is 6.54 Å². The van der Waals surface area contributed by atoms with Crippen LogP contribution < -0.4 is 16.0 Å². The molecule has 2 fully saturated rings.